The second-order valence-corrected chi connectivity index (χ2v) is 11.4. The lowest BCUT2D eigenvalue weighted by molar-refractivity contribution is -0.159. The minimum atomic E-state index is -4.21. The van der Waals surface area contributed by atoms with Crippen molar-refractivity contribution < 1.29 is 42.2 Å². The molecule has 1 unspecified atom stereocenters. The van der Waals surface area contributed by atoms with Gasteiger partial charge in [-0.3, -0.25) is 14.4 Å². The average Bonchev–Trinajstić information content (AvgIpc) is 2.98. The molecule has 0 aromatic rings. The zero-order chi connectivity index (χ0) is 23.5. The molecule has 1 aliphatic heterocycles. The molecular formula is C17H28F3N3O6Si. The Kier molecular flexibility index (Phi) is 11.3. The summed E-state index contributed by atoms with van der Waals surface area (Å²) in [5.74, 6) is -4.87. The van der Waals surface area contributed by atoms with E-state index in [0.717, 1.165) is 13.1 Å². The number of alkyl carbamates (subject to hydrolysis) is 1. The number of alkyl halides is 3. The Morgan fingerprint density at radius 1 is 1.20 bits per heavy atom. The Morgan fingerprint density at radius 2 is 1.67 bits per heavy atom. The molecule has 3 N–H and O–H groups in total. The molecule has 13 heteroatoms. The molecule has 0 bridgehead atoms. The molecule has 0 fully saturated rings. The lowest BCUT2D eigenvalue weighted by atomic mass is 10.4. The van der Waals surface area contributed by atoms with Crippen LogP contribution in [0.2, 0.25) is 13.1 Å². The van der Waals surface area contributed by atoms with Crippen LogP contribution >= 0.6 is 0 Å². The highest BCUT2D eigenvalue weighted by atomic mass is 28.3. The van der Waals surface area contributed by atoms with Crippen molar-refractivity contribution >= 4 is 31.9 Å². The zero-order valence-corrected chi connectivity index (χ0v) is 18.3. The second-order valence-electron chi connectivity index (χ2n) is 6.75. The first-order valence-electron chi connectivity index (χ1n) is 9.16. The molecule has 1 aliphatic rings. The summed E-state index contributed by atoms with van der Waals surface area (Å²) in [5, 5.41) is 12.4. The maximum absolute atomic E-state index is 14.6. The Bertz CT molecular complexity index is 643. The molecule has 0 aromatic heterocycles. The van der Waals surface area contributed by atoms with Gasteiger partial charge in [-0.25, -0.2) is 14.1 Å². The molecule has 9 nitrogen and oxygen atoms in total. The number of amides is 4. The number of nitrogens with one attached hydrogen (secondary N) is 2. The van der Waals surface area contributed by atoms with Gasteiger partial charge in [0, 0.05) is 38.8 Å². The highest BCUT2D eigenvalue weighted by Crippen LogP contribution is 2.36. The highest BCUT2D eigenvalue weighted by Gasteiger charge is 2.62. The lowest BCUT2D eigenvalue weighted by Gasteiger charge is -2.38. The van der Waals surface area contributed by atoms with Crippen LogP contribution in [0, 0.1) is 0 Å². The topological polar surface area (TPSA) is 125 Å². The van der Waals surface area contributed by atoms with Crippen LogP contribution in [0.1, 0.15) is 20.3 Å². The van der Waals surface area contributed by atoms with Gasteiger partial charge in [-0.05, 0) is 13.3 Å². The quantitative estimate of drug-likeness (QED) is 0.205. The van der Waals surface area contributed by atoms with Crippen molar-refractivity contribution in [2.45, 2.75) is 44.8 Å². The molecule has 1 rings (SSSR count). The number of imide groups is 1. The van der Waals surface area contributed by atoms with Crippen LogP contribution in [0.25, 0.3) is 0 Å². The number of halogens is 3. The summed E-state index contributed by atoms with van der Waals surface area (Å²) >= 11 is 0. The number of ether oxygens (including phenoxy) is 1. The van der Waals surface area contributed by atoms with Crippen LogP contribution in [0.5, 0.6) is 0 Å². The van der Waals surface area contributed by atoms with Crippen LogP contribution in [0.15, 0.2) is 12.2 Å². The third kappa shape index (κ3) is 7.78. The van der Waals surface area contributed by atoms with Gasteiger partial charge in [0.05, 0.1) is 0 Å². The summed E-state index contributed by atoms with van der Waals surface area (Å²) in [4.78, 5) is 44.9. The first kappa shape index (κ1) is 27.6. The standard InChI is InChI=1S/C15H22F3N3O5Si.C2H6O/c1-10(22)19-7-4-8-20-14(25)26-9-11(16)27(2,3)15(17,18)21-12(23)5-6-13(21)24;1-2-3/h5-6,11H,4,7-9H2,1-3H3,(H,19,22)(H,20,25);3H,2H2,1H3. The minimum Gasteiger partial charge on any atom is -0.447 e. The van der Waals surface area contributed by atoms with E-state index in [4.69, 9.17) is 5.11 Å². The summed E-state index contributed by atoms with van der Waals surface area (Å²) < 4.78 is 48.3. The molecule has 1 atom stereocenters. The van der Waals surface area contributed by atoms with E-state index in [0.29, 0.717) is 25.1 Å². The summed E-state index contributed by atoms with van der Waals surface area (Å²) in [6.07, 6.45) is 0.791. The minimum absolute atomic E-state index is 0.134. The SMILES string of the molecule is CC(=O)NCCCNC(=O)OCC(F)[Si](C)(C)C(F)(F)N1C(=O)C=CC1=O.CCO. The van der Waals surface area contributed by atoms with Gasteiger partial charge in [-0.2, -0.15) is 8.78 Å². The van der Waals surface area contributed by atoms with Crippen molar-refractivity contribution in [3.63, 3.8) is 0 Å². The van der Waals surface area contributed by atoms with Crippen LogP contribution in [-0.2, 0) is 19.1 Å². The van der Waals surface area contributed by atoms with E-state index in [-0.39, 0.29) is 24.0 Å². The van der Waals surface area contributed by atoms with Crippen molar-refractivity contribution in [1.29, 1.82) is 0 Å². The third-order valence-corrected chi connectivity index (χ3v) is 7.51. The largest absolute Gasteiger partial charge is 0.447 e. The molecule has 172 valence electrons. The van der Waals surface area contributed by atoms with Gasteiger partial charge in [-0.1, -0.05) is 13.1 Å². The van der Waals surface area contributed by atoms with Crippen LogP contribution in [0.4, 0.5) is 18.0 Å². The van der Waals surface area contributed by atoms with E-state index >= 15 is 0 Å². The van der Waals surface area contributed by atoms with Gasteiger partial charge < -0.3 is 20.5 Å². The van der Waals surface area contributed by atoms with Crippen molar-refractivity contribution in [2.75, 3.05) is 26.3 Å². The summed E-state index contributed by atoms with van der Waals surface area (Å²) in [6.45, 7) is 4.71. The number of hydrogen-bond donors (Lipinski definition) is 3. The number of rotatable bonds is 9. The fourth-order valence-corrected chi connectivity index (χ4v) is 3.78. The fraction of sp³-hybridized carbons (Fsp3) is 0.647. The van der Waals surface area contributed by atoms with Crippen LogP contribution in [0.3, 0.4) is 0 Å². The van der Waals surface area contributed by atoms with E-state index in [1.165, 1.54) is 6.92 Å². The predicted octanol–water partition coefficient (Wildman–Crippen LogP) is 0.880. The molecule has 0 aliphatic carbocycles. The smallest absolute Gasteiger partial charge is 0.407 e. The monoisotopic (exact) mass is 455 g/mol. The summed E-state index contributed by atoms with van der Waals surface area (Å²) in [5.41, 5.74) is -4.00. The van der Waals surface area contributed by atoms with Gasteiger partial charge in [0.25, 0.3) is 11.8 Å². The molecule has 0 saturated carbocycles. The Hall–Kier alpha value is -2.41. The maximum Gasteiger partial charge on any atom is 0.407 e. The molecular weight excluding hydrogens is 427 g/mol. The van der Waals surface area contributed by atoms with Crippen molar-refractivity contribution in [3.05, 3.63) is 12.2 Å². The number of hydrogen-bond acceptors (Lipinski definition) is 6. The lowest BCUT2D eigenvalue weighted by Crippen LogP contribution is -2.66. The van der Waals surface area contributed by atoms with E-state index in [9.17, 15) is 32.3 Å². The Morgan fingerprint density at radius 3 is 2.13 bits per heavy atom. The molecule has 0 spiro atoms. The number of aliphatic hydroxyl groups is 1. The highest BCUT2D eigenvalue weighted by molar-refractivity contribution is 6.81. The summed E-state index contributed by atoms with van der Waals surface area (Å²) in [6, 6.07) is 0. The molecule has 0 saturated heterocycles. The number of nitrogens with zero attached hydrogens (tertiary/aromatic N) is 1. The number of aliphatic hydroxyl groups excluding tert-OH is 1. The maximum atomic E-state index is 14.6. The van der Waals surface area contributed by atoms with Crippen LogP contribution < -0.4 is 10.6 Å². The first-order valence-corrected chi connectivity index (χ1v) is 12.2. The fourth-order valence-electron chi connectivity index (χ4n) is 2.11. The van der Waals surface area contributed by atoms with Crippen LogP contribution in [-0.4, -0.2) is 79.7 Å². The molecule has 30 heavy (non-hydrogen) atoms. The van der Waals surface area contributed by atoms with E-state index in [2.05, 4.69) is 15.4 Å². The zero-order valence-electron chi connectivity index (χ0n) is 17.3. The van der Waals surface area contributed by atoms with E-state index < -0.39 is 44.1 Å². The van der Waals surface area contributed by atoms with Gasteiger partial charge in [-0.15, -0.1) is 0 Å². The van der Waals surface area contributed by atoms with Gasteiger partial charge >= 0.3 is 11.8 Å². The number of carbonyl (C=O) groups excluding carboxylic acids is 4. The molecule has 4 amide bonds. The third-order valence-electron chi connectivity index (χ3n) is 4.01. The van der Waals surface area contributed by atoms with Crippen molar-refractivity contribution in [1.82, 2.24) is 15.5 Å². The van der Waals surface area contributed by atoms with E-state index in [1.54, 1.807) is 6.92 Å². The predicted molar refractivity (Wildman–Crippen MR) is 104 cm³/mol. The van der Waals surface area contributed by atoms with E-state index in [1.807, 2.05) is 0 Å². The second kappa shape index (κ2) is 12.3. The number of carbonyl (C=O) groups is 4. The summed E-state index contributed by atoms with van der Waals surface area (Å²) in [7, 11) is -4.21. The Labute approximate surface area is 173 Å². The van der Waals surface area contributed by atoms with Gasteiger partial charge in [0.15, 0.2) is 0 Å². The van der Waals surface area contributed by atoms with Crippen molar-refractivity contribution in [2.24, 2.45) is 0 Å². The molecule has 0 radical (unpaired) electrons. The normalized spacial score (nSPS) is 14.7. The van der Waals surface area contributed by atoms with Gasteiger partial charge in [0.1, 0.15) is 12.4 Å². The molecule has 0 aromatic carbocycles. The Balaban J connectivity index is 0.00000263. The van der Waals surface area contributed by atoms with Crippen molar-refractivity contribution in [3.8, 4) is 0 Å². The molecule has 1 heterocycles. The average molecular weight is 456 g/mol. The van der Waals surface area contributed by atoms with Gasteiger partial charge in [0.2, 0.25) is 14.0 Å². The first-order chi connectivity index (χ1) is 13.8.